The summed E-state index contributed by atoms with van der Waals surface area (Å²) in [5, 5.41) is 9.66. The summed E-state index contributed by atoms with van der Waals surface area (Å²) in [6.45, 7) is 3.09. The molecule has 0 aromatic carbocycles. The van der Waals surface area contributed by atoms with Gasteiger partial charge in [0.15, 0.2) is 5.78 Å². The van der Waals surface area contributed by atoms with Crippen LogP contribution in [0.4, 0.5) is 0 Å². The minimum absolute atomic E-state index is 0.0187. The molecule has 1 N–H and O–H groups in total. The van der Waals surface area contributed by atoms with E-state index in [2.05, 4.69) is 10.5 Å². The van der Waals surface area contributed by atoms with Crippen molar-refractivity contribution in [3.8, 4) is 0 Å². The third-order valence-electron chi connectivity index (χ3n) is 1.88. The van der Waals surface area contributed by atoms with Gasteiger partial charge in [-0.05, 0) is 26.0 Å². The second-order valence-electron chi connectivity index (χ2n) is 3.25. The molecule has 0 aromatic rings. The Morgan fingerprint density at radius 2 is 2.07 bits per heavy atom. The predicted molar refractivity (Wildman–Crippen MR) is 55.2 cm³/mol. The summed E-state index contributed by atoms with van der Waals surface area (Å²) in [4.78, 5) is 22.2. The van der Waals surface area contributed by atoms with Crippen LogP contribution in [-0.2, 0) is 14.3 Å². The molecule has 0 aromatic heterocycles. The number of esters is 1. The first-order chi connectivity index (χ1) is 6.94. The van der Waals surface area contributed by atoms with Crippen LogP contribution in [0.5, 0.6) is 0 Å². The van der Waals surface area contributed by atoms with Crippen molar-refractivity contribution in [3.63, 3.8) is 0 Å². The van der Waals surface area contributed by atoms with E-state index in [0.29, 0.717) is 0 Å². The average molecular weight is 212 g/mol. The number of ketones is 1. The summed E-state index contributed by atoms with van der Waals surface area (Å²) in [6, 6.07) is 0. The lowest BCUT2D eigenvalue weighted by Crippen LogP contribution is -2.32. The van der Waals surface area contributed by atoms with E-state index in [-0.39, 0.29) is 12.8 Å². The molecule has 4 heteroatoms. The lowest BCUT2D eigenvalue weighted by molar-refractivity contribution is -0.143. The second-order valence-corrected chi connectivity index (χ2v) is 3.25. The number of ether oxygens (including phenoxy) is 1. The first-order valence-corrected chi connectivity index (χ1v) is 4.64. The van der Waals surface area contributed by atoms with Gasteiger partial charge in [0.1, 0.15) is 5.60 Å². The van der Waals surface area contributed by atoms with Gasteiger partial charge in [-0.3, -0.25) is 9.59 Å². The standard InChI is InChI=1S/C11H16O4/c1-4-5-8-11(2,14)9(12)6-7-10(13)15-3/h4,8,14H,6-7H2,1-3H3. The molecular formula is C11H16O4. The molecule has 1 atom stereocenters. The Hall–Kier alpha value is -1.38. The van der Waals surface area contributed by atoms with Crippen LogP contribution in [-0.4, -0.2) is 29.6 Å². The van der Waals surface area contributed by atoms with Gasteiger partial charge in [-0.15, -0.1) is 5.73 Å². The van der Waals surface area contributed by atoms with E-state index in [4.69, 9.17) is 0 Å². The number of methoxy groups -OCH3 is 1. The van der Waals surface area contributed by atoms with Crippen molar-refractivity contribution >= 4 is 11.8 Å². The maximum Gasteiger partial charge on any atom is 0.305 e. The molecule has 0 bridgehead atoms. The molecule has 4 nitrogen and oxygen atoms in total. The summed E-state index contributed by atoms with van der Waals surface area (Å²) < 4.78 is 4.39. The maximum atomic E-state index is 11.4. The third-order valence-corrected chi connectivity index (χ3v) is 1.88. The van der Waals surface area contributed by atoms with Gasteiger partial charge in [-0.25, -0.2) is 0 Å². The highest BCUT2D eigenvalue weighted by molar-refractivity contribution is 5.90. The van der Waals surface area contributed by atoms with Crippen molar-refractivity contribution in [1.29, 1.82) is 0 Å². The Morgan fingerprint density at radius 1 is 1.47 bits per heavy atom. The summed E-state index contributed by atoms with van der Waals surface area (Å²) in [5.41, 5.74) is 1.07. The number of Topliss-reactive ketones (excluding diaryl/α,β-unsaturated/α-hetero) is 1. The zero-order valence-corrected chi connectivity index (χ0v) is 9.24. The number of carbonyl (C=O) groups is 2. The Bertz CT molecular complexity index is 296. The third kappa shape index (κ3) is 5.15. The Morgan fingerprint density at radius 3 is 2.53 bits per heavy atom. The van der Waals surface area contributed by atoms with Crippen LogP contribution >= 0.6 is 0 Å². The van der Waals surface area contributed by atoms with Crippen LogP contribution < -0.4 is 0 Å². The highest BCUT2D eigenvalue weighted by Crippen LogP contribution is 2.10. The van der Waals surface area contributed by atoms with Crippen molar-refractivity contribution in [2.45, 2.75) is 32.3 Å². The fraction of sp³-hybridized carbons (Fsp3) is 0.545. The van der Waals surface area contributed by atoms with Gasteiger partial charge < -0.3 is 9.84 Å². The zero-order valence-electron chi connectivity index (χ0n) is 9.24. The van der Waals surface area contributed by atoms with Gasteiger partial charge in [-0.1, -0.05) is 0 Å². The van der Waals surface area contributed by atoms with E-state index in [0.717, 1.165) is 0 Å². The van der Waals surface area contributed by atoms with E-state index in [9.17, 15) is 14.7 Å². The summed E-state index contributed by atoms with van der Waals surface area (Å²) in [6.07, 6.45) is 2.80. The Balaban J connectivity index is 4.32. The fourth-order valence-corrected chi connectivity index (χ4v) is 0.897. The fourth-order valence-electron chi connectivity index (χ4n) is 0.897. The molecule has 0 saturated carbocycles. The van der Waals surface area contributed by atoms with Crippen LogP contribution in [0.1, 0.15) is 26.7 Å². The number of hydrogen-bond acceptors (Lipinski definition) is 4. The van der Waals surface area contributed by atoms with Crippen LogP contribution in [0.15, 0.2) is 17.9 Å². The maximum absolute atomic E-state index is 11.4. The van der Waals surface area contributed by atoms with Gasteiger partial charge >= 0.3 is 5.97 Å². The number of carbonyl (C=O) groups excluding carboxylic acids is 2. The summed E-state index contributed by atoms with van der Waals surface area (Å²) in [7, 11) is 1.25. The normalized spacial score (nSPS) is 13.3. The van der Waals surface area contributed by atoms with E-state index in [1.807, 2.05) is 0 Å². The second kappa shape index (κ2) is 6.17. The first kappa shape index (κ1) is 13.6. The molecule has 0 aliphatic carbocycles. The molecule has 0 aliphatic heterocycles. The van der Waals surface area contributed by atoms with Crippen LogP contribution in [0.25, 0.3) is 0 Å². The summed E-state index contributed by atoms with van der Waals surface area (Å²) in [5.74, 6) is -0.892. The van der Waals surface area contributed by atoms with E-state index < -0.39 is 17.4 Å². The molecule has 0 radical (unpaired) electrons. The van der Waals surface area contributed by atoms with Gasteiger partial charge in [-0.2, -0.15) is 0 Å². The first-order valence-electron chi connectivity index (χ1n) is 4.64. The van der Waals surface area contributed by atoms with Gasteiger partial charge in [0, 0.05) is 6.42 Å². The van der Waals surface area contributed by atoms with Gasteiger partial charge in [0.2, 0.25) is 0 Å². The van der Waals surface area contributed by atoms with E-state index in [1.54, 1.807) is 13.0 Å². The molecule has 15 heavy (non-hydrogen) atoms. The zero-order chi connectivity index (χ0) is 11.9. The highest BCUT2D eigenvalue weighted by Gasteiger charge is 2.26. The van der Waals surface area contributed by atoms with Crippen LogP contribution in [0.2, 0.25) is 0 Å². The number of aliphatic hydroxyl groups is 1. The molecule has 1 unspecified atom stereocenters. The number of hydrogen-bond donors (Lipinski definition) is 1. The Labute approximate surface area is 89.2 Å². The molecular weight excluding hydrogens is 196 g/mol. The molecule has 84 valence electrons. The van der Waals surface area contributed by atoms with Crippen molar-refractivity contribution in [1.82, 2.24) is 0 Å². The highest BCUT2D eigenvalue weighted by atomic mass is 16.5. The van der Waals surface area contributed by atoms with Gasteiger partial charge in [0.25, 0.3) is 0 Å². The molecule has 0 fully saturated rings. The van der Waals surface area contributed by atoms with Crippen molar-refractivity contribution in [2.75, 3.05) is 7.11 Å². The Kier molecular flexibility index (Phi) is 5.60. The SMILES string of the molecule is CC=C=CC(C)(O)C(=O)CCC(=O)OC. The van der Waals surface area contributed by atoms with Gasteiger partial charge in [0.05, 0.1) is 13.5 Å². The van der Waals surface area contributed by atoms with E-state index in [1.165, 1.54) is 20.1 Å². The smallest absolute Gasteiger partial charge is 0.305 e. The quantitative estimate of drug-likeness (QED) is 0.545. The number of rotatable bonds is 5. The van der Waals surface area contributed by atoms with E-state index >= 15 is 0 Å². The topological polar surface area (TPSA) is 63.6 Å². The van der Waals surface area contributed by atoms with Crippen molar-refractivity contribution < 1.29 is 19.4 Å². The molecule has 0 heterocycles. The van der Waals surface area contributed by atoms with Crippen LogP contribution in [0.3, 0.4) is 0 Å². The minimum Gasteiger partial charge on any atom is -0.469 e. The monoisotopic (exact) mass is 212 g/mol. The molecule has 0 saturated heterocycles. The van der Waals surface area contributed by atoms with Crippen molar-refractivity contribution in [2.24, 2.45) is 0 Å². The molecule has 0 aliphatic rings. The predicted octanol–water partition coefficient (Wildman–Crippen LogP) is 0.991. The summed E-state index contributed by atoms with van der Waals surface area (Å²) >= 11 is 0. The van der Waals surface area contributed by atoms with Crippen molar-refractivity contribution in [3.05, 3.63) is 17.9 Å². The lowest BCUT2D eigenvalue weighted by Gasteiger charge is -2.15. The largest absolute Gasteiger partial charge is 0.469 e. The molecule has 0 rings (SSSR count). The molecule has 0 amide bonds. The minimum atomic E-state index is -1.57. The average Bonchev–Trinajstić information content (AvgIpc) is 2.22. The lowest BCUT2D eigenvalue weighted by atomic mass is 9.97. The molecule has 0 spiro atoms. The van der Waals surface area contributed by atoms with Crippen LogP contribution in [0, 0.1) is 0 Å².